The van der Waals surface area contributed by atoms with Crippen LogP contribution in [-0.4, -0.2) is 5.78 Å². The quantitative estimate of drug-likeness (QED) is 0.443. The van der Waals surface area contributed by atoms with Gasteiger partial charge in [0.25, 0.3) is 0 Å². The number of Topliss-reactive ketones (excluding diaryl/α,β-unsaturated/α-hetero) is 1. The molecule has 0 N–H and O–H groups in total. The number of rotatable bonds is 5. The molecule has 4 aliphatic carbocycles. The van der Waals surface area contributed by atoms with Crippen molar-refractivity contribution in [2.75, 3.05) is 0 Å². The molecule has 0 aliphatic heterocycles. The lowest BCUT2D eigenvalue weighted by Gasteiger charge is -2.63. The molecule has 0 spiro atoms. The molecule has 1 nitrogen and oxygen atoms in total. The average molecular weight is 415 g/mol. The first-order valence-electron chi connectivity index (χ1n) is 13.6. The van der Waals surface area contributed by atoms with Crippen molar-refractivity contribution in [3.05, 3.63) is 0 Å². The van der Waals surface area contributed by atoms with Crippen molar-refractivity contribution >= 4 is 5.78 Å². The van der Waals surface area contributed by atoms with Gasteiger partial charge in [-0.3, -0.25) is 4.79 Å². The maximum atomic E-state index is 12.3. The third-order valence-corrected chi connectivity index (χ3v) is 11.8. The number of fused-ring (bicyclic) bond motifs is 5. The summed E-state index contributed by atoms with van der Waals surface area (Å²) in [6.07, 6.45) is 13.8. The Morgan fingerprint density at radius 1 is 0.933 bits per heavy atom. The van der Waals surface area contributed by atoms with Crippen molar-refractivity contribution in [2.45, 2.75) is 113 Å². The van der Waals surface area contributed by atoms with Crippen LogP contribution in [0.1, 0.15) is 113 Å². The van der Waals surface area contributed by atoms with Crippen molar-refractivity contribution in [3.8, 4) is 0 Å². The maximum absolute atomic E-state index is 12.3. The lowest BCUT2D eigenvalue weighted by atomic mass is 9.42. The van der Waals surface area contributed by atoms with Crippen LogP contribution in [0, 0.1) is 64.1 Å². The molecule has 10 atom stereocenters. The monoisotopic (exact) mass is 414 g/mol. The summed E-state index contributed by atoms with van der Waals surface area (Å²) in [6, 6.07) is 0. The minimum Gasteiger partial charge on any atom is -0.299 e. The molecular weight excluding hydrogens is 364 g/mol. The van der Waals surface area contributed by atoms with Crippen LogP contribution in [0.4, 0.5) is 0 Å². The normalized spacial score (nSPS) is 49.3. The van der Waals surface area contributed by atoms with Crippen molar-refractivity contribution in [3.63, 3.8) is 0 Å². The van der Waals surface area contributed by atoms with Crippen molar-refractivity contribution in [1.29, 1.82) is 0 Å². The lowest BCUT2D eigenvalue weighted by molar-refractivity contribution is -0.143. The Hall–Kier alpha value is -0.330. The molecule has 0 aromatic heterocycles. The van der Waals surface area contributed by atoms with Gasteiger partial charge in [-0.15, -0.1) is 0 Å². The topological polar surface area (TPSA) is 17.1 Å². The molecular formula is C29H50O. The summed E-state index contributed by atoms with van der Waals surface area (Å²) >= 11 is 0. The van der Waals surface area contributed by atoms with Gasteiger partial charge in [-0.2, -0.15) is 0 Å². The summed E-state index contributed by atoms with van der Waals surface area (Å²) in [7, 11) is 0. The van der Waals surface area contributed by atoms with Crippen LogP contribution < -0.4 is 0 Å². The van der Waals surface area contributed by atoms with E-state index in [9.17, 15) is 4.79 Å². The molecule has 0 aromatic carbocycles. The molecule has 1 heteroatoms. The largest absolute Gasteiger partial charge is 0.299 e. The minimum atomic E-state index is 0.201. The zero-order chi connectivity index (χ0) is 21.8. The van der Waals surface area contributed by atoms with Crippen molar-refractivity contribution in [1.82, 2.24) is 0 Å². The van der Waals surface area contributed by atoms with E-state index in [-0.39, 0.29) is 5.92 Å². The van der Waals surface area contributed by atoms with E-state index in [1.54, 1.807) is 0 Å². The molecule has 0 heterocycles. The molecule has 0 bridgehead atoms. The zero-order valence-corrected chi connectivity index (χ0v) is 21.2. The fourth-order valence-electron chi connectivity index (χ4n) is 9.63. The summed E-state index contributed by atoms with van der Waals surface area (Å²) in [5.41, 5.74) is 1.13. The highest BCUT2D eigenvalue weighted by Gasteiger charge is 2.62. The Kier molecular flexibility index (Phi) is 6.26. The van der Waals surface area contributed by atoms with Gasteiger partial charge in [0.15, 0.2) is 0 Å². The third-order valence-electron chi connectivity index (χ3n) is 11.8. The average Bonchev–Trinajstić information content (AvgIpc) is 3.06. The molecule has 30 heavy (non-hydrogen) atoms. The lowest BCUT2D eigenvalue weighted by Crippen LogP contribution is -2.56. The summed E-state index contributed by atoms with van der Waals surface area (Å²) in [5.74, 6) is 7.89. The Balaban J connectivity index is 1.52. The number of carbonyl (C=O) groups is 1. The Bertz CT molecular complexity index is 636. The molecule has 0 amide bonds. The summed E-state index contributed by atoms with van der Waals surface area (Å²) in [5, 5.41) is 0. The molecule has 4 saturated carbocycles. The Labute approximate surface area is 187 Å². The second kappa shape index (κ2) is 8.22. The number of carbonyl (C=O) groups excluding carboxylic acids is 1. The van der Waals surface area contributed by atoms with Gasteiger partial charge in [0.1, 0.15) is 5.78 Å². The van der Waals surface area contributed by atoms with E-state index in [1.807, 2.05) is 0 Å². The fourth-order valence-corrected chi connectivity index (χ4v) is 9.63. The van der Waals surface area contributed by atoms with Gasteiger partial charge >= 0.3 is 0 Å². The van der Waals surface area contributed by atoms with E-state index in [0.717, 1.165) is 54.3 Å². The first kappa shape index (κ1) is 22.8. The van der Waals surface area contributed by atoms with E-state index in [1.165, 1.54) is 51.4 Å². The van der Waals surface area contributed by atoms with E-state index in [2.05, 4.69) is 48.5 Å². The number of hydrogen-bond donors (Lipinski definition) is 0. The van der Waals surface area contributed by atoms with Crippen LogP contribution >= 0.6 is 0 Å². The molecule has 9 unspecified atom stereocenters. The summed E-state index contributed by atoms with van der Waals surface area (Å²) < 4.78 is 0. The second-order valence-electron chi connectivity index (χ2n) is 13.4. The first-order valence-corrected chi connectivity index (χ1v) is 13.6. The highest BCUT2D eigenvalue weighted by Crippen LogP contribution is 2.70. The second-order valence-corrected chi connectivity index (χ2v) is 13.4. The highest BCUT2D eigenvalue weighted by molar-refractivity contribution is 5.80. The van der Waals surface area contributed by atoms with Crippen LogP contribution in [0.2, 0.25) is 0 Å². The van der Waals surface area contributed by atoms with Crippen molar-refractivity contribution < 1.29 is 4.79 Å². The summed E-state index contributed by atoms with van der Waals surface area (Å²) in [4.78, 5) is 12.3. The summed E-state index contributed by atoms with van der Waals surface area (Å²) in [6.45, 7) is 17.1. The van der Waals surface area contributed by atoms with Crippen LogP contribution in [-0.2, 0) is 4.79 Å². The standard InChI is InChI=1S/C29H50O/c1-18(2)27(30)13-8-20(4)24-11-12-25-23-10-9-22-16-19(3)14-15-28(22,6)26(23)17-21(5)29(24,25)7/h18-26H,8-17H2,1-7H3/t19?,20-,21?,22?,23?,24?,25?,26?,28?,29?/m1/s1. The predicted molar refractivity (Wildman–Crippen MR) is 127 cm³/mol. The molecule has 172 valence electrons. The van der Waals surface area contributed by atoms with Gasteiger partial charge < -0.3 is 0 Å². The van der Waals surface area contributed by atoms with E-state index in [0.29, 0.717) is 22.5 Å². The van der Waals surface area contributed by atoms with Crippen LogP contribution in [0.5, 0.6) is 0 Å². The Morgan fingerprint density at radius 2 is 1.67 bits per heavy atom. The fraction of sp³-hybridized carbons (Fsp3) is 0.966. The van der Waals surface area contributed by atoms with Gasteiger partial charge in [0.2, 0.25) is 0 Å². The molecule has 4 rings (SSSR count). The molecule has 4 fully saturated rings. The third kappa shape index (κ3) is 3.53. The van der Waals surface area contributed by atoms with Gasteiger partial charge in [0.05, 0.1) is 0 Å². The van der Waals surface area contributed by atoms with Crippen molar-refractivity contribution in [2.24, 2.45) is 64.1 Å². The van der Waals surface area contributed by atoms with Crippen LogP contribution in [0.25, 0.3) is 0 Å². The molecule has 0 saturated heterocycles. The first-order chi connectivity index (χ1) is 14.1. The van der Waals surface area contributed by atoms with E-state index >= 15 is 0 Å². The van der Waals surface area contributed by atoms with Gasteiger partial charge in [-0.1, -0.05) is 54.9 Å². The Morgan fingerprint density at radius 3 is 2.37 bits per heavy atom. The zero-order valence-electron chi connectivity index (χ0n) is 21.2. The van der Waals surface area contributed by atoms with Gasteiger partial charge in [-0.25, -0.2) is 0 Å². The van der Waals surface area contributed by atoms with E-state index < -0.39 is 0 Å². The predicted octanol–water partition coefficient (Wildman–Crippen LogP) is 8.17. The smallest absolute Gasteiger partial charge is 0.135 e. The molecule has 0 radical (unpaired) electrons. The maximum Gasteiger partial charge on any atom is 0.135 e. The van der Waals surface area contributed by atoms with E-state index in [4.69, 9.17) is 0 Å². The SMILES string of the molecule is CC1CCC2(C)C(CCC3C2CC(C)C2(C)C3CCC2[C@H](C)CCC(=O)C(C)C)C1. The van der Waals surface area contributed by atoms with Crippen LogP contribution in [0.3, 0.4) is 0 Å². The molecule has 0 aromatic rings. The number of hydrogen-bond acceptors (Lipinski definition) is 1. The minimum absolute atomic E-state index is 0.201. The number of ketones is 1. The highest BCUT2D eigenvalue weighted by atomic mass is 16.1. The van der Waals surface area contributed by atoms with Gasteiger partial charge in [-0.05, 0) is 110 Å². The van der Waals surface area contributed by atoms with Gasteiger partial charge in [0, 0.05) is 12.3 Å². The van der Waals surface area contributed by atoms with Crippen LogP contribution in [0.15, 0.2) is 0 Å². The molecule has 4 aliphatic rings.